The highest BCUT2D eigenvalue weighted by Crippen LogP contribution is 2.36. The molecule has 0 amide bonds. The summed E-state index contributed by atoms with van der Waals surface area (Å²) in [5.41, 5.74) is 0.306. The smallest absolute Gasteiger partial charge is 0.264 e. The summed E-state index contributed by atoms with van der Waals surface area (Å²) in [6.07, 6.45) is 0. The second kappa shape index (κ2) is 6.11. The van der Waals surface area contributed by atoms with Gasteiger partial charge in [0.1, 0.15) is 15.0 Å². The topological polar surface area (TPSA) is 55.4 Å². The number of sulfonamides is 1. The molecule has 1 aromatic heterocycles. The Balaban J connectivity index is 2.43. The molecule has 2 aromatic rings. The SMILES string of the molecule is COc1ccc(Br)cc1NS(=O)(=O)c1cc(Cl)sc1Cl. The van der Waals surface area contributed by atoms with E-state index in [1.165, 1.54) is 13.2 Å². The first-order valence-corrected chi connectivity index (χ1v) is 8.99. The maximum absolute atomic E-state index is 12.3. The number of thiophene rings is 1. The van der Waals surface area contributed by atoms with Crippen LogP contribution in [0.1, 0.15) is 0 Å². The van der Waals surface area contributed by atoms with Gasteiger partial charge >= 0.3 is 0 Å². The number of methoxy groups -OCH3 is 1. The lowest BCUT2D eigenvalue weighted by Crippen LogP contribution is -2.13. The zero-order chi connectivity index (χ0) is 14.9. The molecule has 108 valence electrons. The van der Waals surface area contributed by atoms with E-state index in [-0.39, 0.29) is 9.23 Å². The highest BCUT2D eigenvalue weighted by molar-refractivity contribution is 9.10. The second-order valence-electron chi connectivity index (χ2n) is 3.64. The van der Waals surface area contributed by atoms with Crippen LogP contribution in [0.3, 0.4) is 0 Å². The van der Waals surface area contributed by atoms with E-state index >= 15 is 0 Å². The molecule has 0 aliphatic rings. The Morgan fingerprint density at radius 2 is 2.00 bits per heavy atom. The van der Waals surface area contributed by atoms with Crippen LogP contribution < -0.4 is 9.46 Å². The quantitative estimate of drug-likeness (QED) is 0.790. The van der Waals surface area contributed by atoms with Gasteiger partial charge in [-0.15, -0.1) is 11.3 Å². The molecule has 0 saturated carbocycles. The number of halogens is 3. The minimum atomic E-state index is -3.83. The third-order valence-electron chi connectivity index (χ3n) is 2.32. The molecule has 1 aromatic carbocycles. The molecule has 20 heavy (non-hydrogen) atoms. The van der Waals surface area contributed by atoms with Crippen LogP contribution in [0.15, 0.2) is 33.6 Å². The summed E-state index contributed by atoms with van der Waals surface area (Å²) in [6, 6.07) is 6.29. The Morgan fingerprint density at radius 1 is 1.30 bits per heavy atom. The van der Waals surface area contributed by atoms with Crippen LogP contribution >= 0.6 is 50.5 Å². The summed E-state index contributed by atoms with van der Waals surface area (Å²) in [6.45, 7) is 0. The number of nitrogens with one attached hydrogen (secondary N) is 1. The van der Waals surface area contributed by atoms with Crippen LogP contribution in [-0.4, -0.2) is 15.5 Å². The number of benzene rings is 1. The molecule has 1 heterocycles. The molecular formula is C11H8BrCl2NO3S2. The molecule has 4 nitrogen and oxygen atoms in total. The van der Waals surface area contributed by atoms with Gasteiger partial charge in [0.25, 0.3) is 10.0 Å². The van der Waals surface area contributed by atoms with Gasteiger partial charge in [-0.05, 0) is 24.3 Å². The monoisotopic (exact) mass is 415 g/mol. The molecule has 0 unspecified atom stereocenters. The van der Waals surface area contributed by atoms with Gasteiger partial charge in [-0.25, -0.2) is 8.42 Å². The number of hydrogen-bond acceptors (Lipinski definition) is 4. The molecule has 1 N–H and O–H groups in total. The van der Waals surface area contributed by atoms with Gasteiger partial charge < -0.3 is 4.74 Å². The van der Waals surface area contributed by atoms with E-state index in [0.29, 0.717) is 20.2 Å². The fourth-order valence-corrected chi connectivity index (χ4v) is 5.04. The Morgan fingerprint density at radius 3 is 2.55 bits per heavy atom. The zero-order valence-electron chi connectivity index (χ0n) is 9.98. The summed E-state index contributed by atoms with van der Waals surface area (Å²) in [5, 5.41) is 0. The van der Waals surface area contributed by atoms with Crippen molar-refractivity contribution in [3.8, 4) is 5.75 Å². The van der Waals surface area contributed by atoms with Crippen molar-refractivity contribution in [2.75, 3.05) is 11.8 Å². The first-order chi connectivity index (χ1) is 9.33. The molecule has 0 fully saturated rings. The van der Waals surface area contributed by atoms with Gasteiger partial charge in [0.15, 0.2) is 0 Å². The van der Waals surface area contributed by atoms with Gasteiger partial charge in [-0.2, -0.15) is 0 Å². The predicted molar refractivity (Wildman–Crippen MR) is 85.8 cm³/mol. The van der Waals surface area contributed by atoms with E-state index < -0.39 is 10.0 Å². The highest BCUT2D eigenvalue weighted by atomic mass is 79.9. The summed E-state index contributed by atoms with van der Waals surface area (Å²) in [5.74, 6) is 0.397. The Bertz CT molecular complexity index is 746. The lowest BCUT2D eigenvalue weighted by Gasteiger charge is -2.11. The standard InChI is InChI=1S/C11H8BrCl2NO3S2/c1-18-8-3-2-6(12)4-7(8)15-20(16,17)9-5-10(13)19-11(9)14/h2-5,15H,1H3. The predicted octanol–water partition coefficient (Wildman–Crippen LogP) is 4.63. The average Bonchev–Trinajstić information content (AvgIpc) is 2.69. The molecule has 2 rings (SSSR count). The van der Waals surface area contributed by atoms with Gasteiger partial charge in [0.05, 0.1) is 17.1 Å². The fourth-order valence-electron chi connectivity index (χ4n) is 1.47. The molecule has 0 aliphatic carbocycles. The van der Waals surface area contributed by atoms with E-state index in [4.69, 9.17) is 27.9 Å². The van der Waals surface area contributed by atoms with Crippen molar-refractivity contribution < 1.29 is 13.2 Å². The molecular weight excluding hydrogens is 409 g/mol. The molecule has 0 radical (unpaired) electrons. The van der Waals surface area contributed by atoms with E-state index in [1.54, 1.807) is 18.2 Å². The number of anilines is 1. The first-order valence-electron chi connectivity index (χ1n) is 5.14. The fraction of sp³-hybridized carbons (Fsp3) is 0.0909. The summed E-state index contributed by atoms with van der Waals surface area (Å²) >= 11 is 15.9. The van der Waals surface area contributed by atoms with Crippen molar-refractivity contribution in [2.24, 2.45) is 0 Å². The Labute approximate surface area is 138 Å². The third kappa shape index (κ3) is 3.40. The van der Waals surface area contributed by atoms with Gasteiger partial charge in [-0.3, -0.25) is 4.72 Å². The second-order valence-corrected chi connectivity index (χ2v) is 8.49. The normalized spacial score (nSPS) is 11.4. The molecule has 9 heteroatoms. The van der Waals surface area contributed by atoms with Crippen LogP contribution in [0.5, 0.6) is 5.75 Å². The van der Waals surface area contributed by atoms with Crippen molar-refractivity contribution in [2.45, 2.75) is 4.90 Å². The number of hydrogen-bond donors (Lipinski definition) is 1. The molecule has 0 saturated heterocycles. The van der Waals surface area contributed by atoms with E-state index in [9.17, 15) is 8.42 Å². The lowest BCUT2D eigenvalue weighted by molar-refractivity contribution is 0.417. The number of ether oxygens (including phenoxy) is 1. The Hall–Kier alpha value is -0.470. The molecule has 0 atom stereocenters. The van der Waals surface area contributed by atoms with Crippen molar-refractivity contribution >= 4 is 66.2 Å². The highest BCUT2D eigenvalue weighted by Gasteiger charge is 2.22. The molecule has 0 bridgehead atoms. The van der Waals surface area contributed by atoms with E-state index in [0.717, 1.165) is 11.3 Å². The van der Waals surface area contributed by atoms with Crippen molar-refractivity contribution in [3.05, 3.63) is 37.4 Å². The largest absolute Gasteiger partial charge is 0.495 e. The summed E-state index contributed by atoms with van der Waals surface area (Å²) in [4.78, 5) is -0.0591. The Kier molecular flexibility index (Phi) is 4.86. The van der Waals surface area contributed by atoms with Crippen LogP contribution in [0.25, 0.3) is 0 Å². The lowest BCUT2D eigenvalue weighted by atomic mass is 10.3. The summed E-state index contributed by atoms with van der Waals surface area (Å²) < 4.78 is 33.3. The molecule has 0 spiro atoms. The minimum Gasteiger partial charge on any atom is -0.495 e. The first kappa shape index (κ1) is 15.9. The van der Waals surface area contributed by atoms with Crippen LogP contribution in [0.4, 0.5) is 5.69 Å². The van der Waals surface area contributed by atoms with Gasteiger partial charge in [0.2, 0.25) is 0 Å². The molecule has 0 aliphatic heterocycles. The van der Waals surface area contributed by atoms with E-state index in [1.807, 2.05) is 0 Å². The zero-order valence-corrected chi connectivity index (χ0v) is 14.7. The van der Waals surface area contributed by atoms with Crippen molar-refractivity contribution in [1.29, 1.82) is 0 Å². The van der Waals surface area contributed by atoms with E-state index in [2.05, 4.69) is 20.7 Å². The maximum atomic E-state index is 12.3. The van der Waals surface area contributed by atoms with Gasteiger partial charge in [0, 0.05) is 4.47 Å². The third-order valence-corrected chi connectivity index (χ3v) is 5.93. The number of rotatable bonds is 4. The summed E-state index contributed by atoms with van der Waals surface area (Å²) in [7, 11) is -2.38. The van der Waals surface area contributed by atoms with Crippen LogP contribution in [-0.2, 0) is 10.0 Å². The van der Waals surface area contributed by atoms with Crippen LogP contribution in [0, 0.1) is 0 Å². The van der Waals surface area contributed by atoms with Gasteiger partial charge in [-0.1, -0.05) is 39.1 Å². The van der Waals surface area contributed by atoms with Crippen LogP contribution in [0.2, 0.25) is 8.67 Å². The van der Waals surface area contributed by atoms with Crippen molar-refractivity contribution in [1.82, 2.24) is 0 Å². The van der Waals surface area contributed by atoms with Crippen molar-refractivity contribution in [3.63, 3.8) is 0 Å². The maximum Gasteiger partial charge on any atom is 0.264 e. The average molecular weight is 417 g/mol. The minimum absolute atomic E-state index is 0.0591.